The van der Waals surface area contributed by atoms with Crippen LogP contribution in [0, 0.1) is 5.41 Å². The fourth-order valence-corrected chi connectivity index (χ4v) is 7.15. The Hall–Kier alpha value is -3.17. The summed E-state index contributed by atoms with van der Waals surface area (Å²) in [6, 6.07) is 4.09. The lowest BCUT2D eigenvalue weighted by Crippen LogP contribution is -2.45. The second-order valence-electron chi connectivity index (χ2n) is 11.9. The molecule has 2 aliphatic carbocycles. The van der Waals surface area contributed by atoms with Crippen LogP contribution in [0.3, 0.4) is 0 Å². The van der Waals surface area contributed by atoms with E-state index in [0.29, 0.717) is 36.3 Å². The molecule has 1 aromatic heterocycles. The molecule has 15 heteroatoms. The van der Waals surface area contributed by atoms with E-state index in [-0.39, 0.29) is 35.8 Å². The molecule has 1 aliphatic heterocycles. The molecule has 4 N–H and O–H groups in total. The van der Waals surface area contributed by atoms with Crippen LogP contribution in [0.2, 0.25) is 0 Å². The summed E-state index contributed by atoms with van der Waals surface area (Å²) >= 11 is 0. The molecule has 2 heterocycles. The molecule has 2 saturated carbocycles. The average molecular weight is 626 g/mol. The molecule has 3 fully saturated rings. The van der Waals surface area contributed by atoms with Crippen LogP contribution in [0.1, 0.15) is 60.9 Å². The van der Waals surface area contributed by atoms with E-state index in [1.807, 2.05) is 7.05 Å². The third kappa shape index (κ3) is 7.32. The van der Waals surface area contributed by atoms with E-state index in [2.05, 4.69) is 35.5 Å². The monoisotopic (exact) mass is 625 g/mol. The Bertz CT molecular complexity index is 1450. The van der Waals surface area contributed by atoms with Crippen LogP contribution in [0.25, 0.3) is 0 Å². The first-order valence-corrected chi connectivity index (χ1v) is 16.3. The third-order valence-electron chi connectivity index (χ3n) is 8.72. The zero-order valence-corrected chi connectivity index (χ0v) is 25.2. The van der Waals surface area contributed by atoms with Crippen molar-refractivity contribution in [3.8, 4) is 5.75 Å². The molecule has 0 unspecified atom stereocenters. The maximum absolute atomic E-state index is 13.9. The van der Waals surface area contributed by atoms with Crippen molar-refractivity contribution < 1.29 is 31.1 Å². The fourth-order valence-electron chi connectivity index (χ4n) is 6.28. The minimum atomic E-state index is -4.71. The number of anilines is 3. The standard InChI is InChI=1S/C28H38F3N7O4S/c1-38-12-9-18(10-13-38)33-25(39)17-7-8-20(21(14-17)42-2)34-26-32-16-19(28(29,30)31)24(36-26)35-23-15-27(23)11-5-4-6-22(27)37-43(3,40)41/h7-8,14,16,18,22-23,37H,4-6,9-13,15H2,1-3H3,(H,33,39)(H2,32,34,35,36)/t22-,23+,27-/m1/s1. The van der Waals surface area contributed by atoms with E-state index in [1.54, 1.807) is 18.2 Å². The van der Waals surface area contributed by atoms with Crippen molar-refractivity contribution in [2.45, 2.75) is 69.2 Å². The maximum Gasteiger partial charge on any atom is 0.421 e. The van der Waals surface area contributed by atoms with Gasteiger partial charge >= 0.3 is 6.18 Å². The largest absolute Gasteiger partial charge is 0.495 e. The number of carbonyl (C=O) groups excluding carboxylic acids is 1. The third-order valence-corrected chi connectivity index (χ3v) is 9.44. The zero-order chi connectivity index (χ0) is 31.0. The summed E-state index contributed by atoms with van der Waals surface area (Å²) in [5, 5.41) is 8.92. The Morgan fingerprint density at radius 2 is 1.88 bits per heavy atom. The number of hydrogen-bond acceptors (Lipinski definition) is 9. The molecular weight excluding hydrogens is 587 g/mol. The number of sulfonamides is 1. The molecule has 0 bridgehead atoms. The molecular formula is C28H38F3N7O4S. The summed E-state index contributed by atoms with van der Waals surface area (Å²) < 4.78 is 73.9. The maximum atomic E-state index is 13.9. The van der Waals surface area contributed by atoms with Gasteiger partial charge in [-0.3, -0.25) is 4.79 Å². The van der Waals surface area contributed by atoms with Crippen molar-refractivity contribution in [2.24, 2.45) is 5.41 Å². The molecule has 3 aliphatic rings. The van der Waals surface area contributed by atoms with Crippen LogP contribution in [-0.2, 0) is 16.2 Å². The first kappa shape index (κ1) is 31.3. The van der Waals surface area contributed by atoms with E-state index >= 15 is 0 Å². The van der Waals surface area contributed by atoms with Crippen LogP contribution in [0.15, 0.2) is 24.4 Å². The zero-order valence-electron chi connectivity index (χ0n) is 24.4. The smallest absolute Gasteiger partial charge is 0.421 e. The van der Waals surface area contributed by atoms with E-state index in [0.717, 1.165) is 51.2 Å². The highest BCUT2D eigenvalue weighted by atomic mass is 32.2. The van der Waals surface area contributed by atoms with Crippen molar-refractivity contribution in [3.63, 3.8) is 0 Å². The van der Waals surface area contributed by atoms with Crippen molar-refractivity contribution in [1.29, 1.82) is 0 Å². The number of methoxy groups -OCH3 is 1. The number of halogens is 3. The average Bonchev–Trinajstić information content (AvgIpc) is 3.62. The lowest BCUT2D eigenvalue weighted by Gasteiger charge is -2.33. The SMILES string of the molecule is COc1cc(C(=O)NC2CCN(C)CC2)ccc1Nc1ncc(C(F)(F)F)c(N[C@H]2C[C@@]23CCCC[C@H]3NS(C)(=O)=O)n1. The van der Waals surface area contributed by atoms with E-state index in [4.69, 9.17) is 4.74 Å². The van der Waals surface area contributed by atoms with Gasteiger partial charge < -0.3 is 25.6 Å². The van der Waals surface area contributed by atoms with Gasteiger partial charge in [-0.05, 0) is 70.4 Å². The number of nitrogens with zero attached hydrogens (tertiary/aromatic N) is 3. The highest BCUT2D eigenvalue weighted by molar-refractivity contribution is 7.88. The van der Waals surface area contributed by atoms with Crippen LogP contribution in [0.4, 0.5) is 30.6 Å². The quantitative estimate of drug-likeness (QED) is 0.329. The second-order valence-corrected chi connectivity index (χ2v) is 13.6. The first-order chi connectivity index (χ1) is 20.3. The van der Waals surface area contributed by atoms with E-state index in [9.17, 15) is 26.4 Å². The predicted molar refractivity (Wildman–Crippen MR) is 156 cm³/mol. The second kappa shape index (κ2) is 12.1. The minimum Gasteiger partial charge on any atom is -0.495 e. The molecule has 43 heavy (non-hydrogen) atoms. The van der Waals surface area contributed by atoms with Gasteiger partial charge in [0.15, 0.2) is 0 Å². The lowest BCUT2D eigenvalue weighted by molar-refractivity contribution is -0.137. The fraction of sp³-hybridized carbons (Fsp3) is 0.607. The Labute approximate surface area is 249 Å². The van der Waals surface area contributed by atoms with Crippen LogP contribution in [0.5, 0.6) is 5.75 Å². The van der Waals surface area contributed by atoms with Gasteiger partial charge in [0.25, 0.3) is 5.91 Å². The molecule has 1 spiro atoms. The Morgan fingerprint density at radius 3 is 2.56 bits per heavy atom. The van der Waals surface area contributed by atoms with Crippen molar-refractivity contribution in [1.82, 2.24) is 24.9 Å². The lowest BCUT2D eigenvalue weighted by atomic mass is 9.81. The highest BCUT2D eigenvalue weighted by Crippen LogP contribution is 2.58. The number of benzene rings is 1. The van der Waals surface area contributed by atoms with Gasteiger partial charge in [-0.1, -0.05) is 12.8 Å². The van der Waals surface area contributed by atoms with Gasteiger partial charge in [0.2, 0.25) is 16.0 Å². The number of piperidine rings is 1. The van der Waals surface area contributed by atoms with E-state index < -0.39 is 27.2 Å². The summed E-state index contributed by atoms with van der Waals surface area (Å²) in [4.78, 5) is 23.2. The van der Waals surface area contributed by atoms with Gasteiger partial charge in [-0.2, -0.15) is 18.2 Å². The molecule has 11 nitrogen and oxygen atoms in total. The molecule has 3 atom stereocenters. The predicted octanol–water partition coefficient (Wildman–Crippen LogP) is 3.73. The minimum absolute atomic E-state index is 0.0793. The summed E-state index contributed by atoms with van der Waals surface area (Å²) in [6.45, 7) is 1.81. The van der Waals surface area contributed by atoms with Crippen LogP contribution < -0.4 is 25.4 Å². The van der Waals surface area contributed by atoms with Crippen molar-refractivity contribution in [2.75, 3.05) is 44.1 Å². The van der Waals surface area contributed by atoms with E-state index in [1.165, 1.54) is 7.11 Å². The molecule has 0 radical (unpaired) electrons. The van der Waals surface area contributed by atoms with Gasteiger partial charge in [-0.25, -0.2) is 18.1 Å². The number of amides is 1. The summed E-state index contributed by atoms with van der Waals surface area (Å²) in [7, 11) is -0.00900. The number of carbonyl (C=O) groups is 1. The number of nitrogens with one attached hydrogen (secondary N) is 4. The van der Waals surface area contributed by atoms with Gasteiger partial charge in [-0.15, -0.1) is 0 Å². The summed E-state index contributed by atoms with van der Waals surface area (Å²) in [5.74, 6) is -0.418. The first-order valence-electron chi connectivity index (χ1n) is 14.4. The van der Waals surface area contributed by atoms with Crippen LogP contribution >= 0.6 is 0 Å². The van der Waals surface area contributed by atoms with Crippen molar-refractivity contribution >= 4 is 33.4 Å². The molecule has 2 aromatic rings. The number of ether oxygens (including phenoxy) is 1. The topological polar surface area (TPSA) is 138 Å². The van der Waals surface area contributed by atoms with Gasteiger partial charge in [0, 0.05) is 35.3 Å². The van der Waals surface area contributed by atoms with Gasteiger partial charge in [0.1, 0.15) is 17.1 Å². The summed E-state index contributed by atoms with van der Waals surface area (Å²) in [5.41, 5.74) is -0.732. The van der Waals surface area contributed by atoms with Crippen LogP contribution in [-0.4, -0.2) is 80.8 Å². The molecule has 236 valence electrons. The molecule has 1 aromatic carbocycles. The summed E-state index contributed by atoms with van der Waals surface area (Å²) in [6.07, 6.45) is 2.38. The van der Waals surface area contributed by atoms with Crippen molar-refractivity contribution in [3.05, 3.63) is 35.5 Å². The number of alkyl halides is 3. The number of hydrogen-bond donors (Lipinski definition) is 4. The molecule has 5 rings (SSSR count). The molecule has 1 saturated heterocycles. The molecule has 1 amide bonds. The number of likely N-dealkylation sites (tertiary alicyclic amines) is 1. The number of rotatable bonds is 9. The Kier molecular flexibility index (Phi) is 8.78. The van der Waals surface area contributed by atoms with Gasteiger partial charge in [0.05, 0.1) is 19.1 Å². The normalized spacial score (nSPS) is 24.9. The Morgan fingerprint density at radius 1 is 1.14 bits per heavy atom. The highest BCUT2D eigenvalue weighted by Gasteiger charge is 2.60. The Balaban J connectivity index is 1.33. The number of aromatic nitrogens is 2.